The molecule has 6 N–H and O–H groups in total. The lowest BCUT2D eigenvalue weighted by molar-refractivity contribution is -0.145. The second-order valence-electron chi connectivity index (χ2n) is 5.37. The Kier molecular flexibility index (Phi) is 5.79. The number of benzene rings is 2. The molecule has 0 unspecified atom stereocenters. The van der Waals surface area contributed by atoms with Crippen LogP contribution in [0.5, 0.6) is 46.0 Å². The van der Waals surface area contributed by atoms with Crippen molar-refractivity contribution in [1.82, 2.24) is 0 Å². The molecule has 0 aliphatic rings. The number of ether oxygens (including phenoxy) is 2. The summed E-state index contributed by atoms with van der Waals surface area (Å²) in [6, 6.07) is 3.51. The van der Waals surface area contributed by atoms with Crippen molar-refractivity contribution in [3.63, 3.8) is 0 Å². The quantitative estimate of drug-likeness (QED) is 0.202. The van der Waals surface area contributed by atoms with Crippen LogP contribution < -0.4 is 9.47 Å². The van der Waals surface area contributed by atoms with E-state index < -0.39 is 65.1 Å². The summed E-state index contributed by atoms with van der Waals surface area (Å²) in [5, 5.41) is 55.6. The third-order valence-corrected chi connectivity index (χ3v) is 3.33. The van der Waals surface area contributed by atoms with Crippen molar-refractivity contribution in [2.45, 2.75) is 0 Å². The first-order chi connectivity index (χ1) is 13.1. The fraction of sp³-hybridized carbons (Fsp3) is 0.118. The molecule has 0 saturated carbocycles. The van der Waals surface area contributed by atoms with Crippen molar-refractivity contribution in [3.05, 3.63) is 24.3 Å². The van der Waals surface area contributed by atoms with Crippen molar-refractivity contribution >= 4 is 17.3 Å². The third kappa shape index (κ3) is 4.52. The van der Waals surface area contributed by atoms with Gasteiger partial charge in [-0.1, -0.05) is 0 Å². The second kappa shape index (κ2) is 8.03. The van der Waals surface area contributed by atoms with Gasteiger partial charge in [0.2, 0.25) is 23.1 Å². The number of rotatable bonds is 8. The summed E-state index contributed by atoms with van der Waals surface area (Å²) in [6.07, 6.45) is 0. The molecule has 0 aliphatic heterocycles. The molecule has 2 aromatic carbocycles. The minimum Gasteiger partial charge on any atom is -0.504 e. The van der Waals surface area contributed by atoms with Crippen LogP contribution in [0.25, 0.3) is 0 Å². The number of carbonyl (C=O) groups excluding carboxylic acids is 3. The summed E-state index contributed by atoms with van der Waals surface area (Å²) < 4.78 is 9.75. The number of phenolic OH excluding ortho intramolecular Hbond substituents is 6. The Labute approximate surface area is 156 Å². The van der Waals surface area contributed by atoms with Crippen molar-refractivity contribution in [2.24, 2.45) is 0 Å². The highest BCUT2D eigenvalue weighted by Crippen LogP contribution is 2.39. The highest BCUT2D eigenvalue weighted by atomic mass is 16.5. The average molecular weight is 394 g/mol. The molecule has 0 atom stereocenters. The molecule has 0 heterocycles. The predicted molar refractivity (Wildman–Crippen MR) is 88.9 cm³/mol. The van der Waals surface area contributed by atoms with E-state index in [1.165, 1.54) is 0 Å². The summed E-state index contributed by atoms with van der Waals surface area (Å²) in [6.45, 7) is -1.79. The smallest absolute Gasteiger partial charge is 0.271 e. The molecule has 0 radical (unpaired) electrons. The van der Waals surface area contributed by atoms with Gasteiger partial charge in [-0.05, 0) is 0 Å². The maximum Gasteiger partial charge on any atom is 0.271 e. The Morgan fingerprint density at radius 2 is 0.893 bits per heavy atom. The van der Waals surface area contributed by atoms with Gasteiger partial charge < -0.3 is 40.1 Å². The SMILES string of the molecule is O=C(COc1cc(O)c(O)c(O)c1)C(=O)C(=O)COc1cc(O)c(O)c(O)c1. The highest BCUT2D eigenvalue weighted by Gasteiger charge is 2.24. The minimum atomic E-state index is -1.46. The van der Waals surface area contributed by atoms with Gasteiger partial charge in [0, 0.05) is 24.3 Å². The van der Waals surface area contributed by atoms with Crippen molar-refractivity contribution in [1.29, 1.82) is 0 Å². The summed E-state index contributed by atoms with van der Waals surface area (Å²) in [7, 11) is 0. The van der Waals surface area contributed by atoms with Crippen LogP contribution in [0.1, 0.15) is 0 Å². The molecule has 0 amide bonds. The second-order valence-corrected chi connectivity index (χ2v) is 5.37. The summed E-state index contributed by atoms with van der Waals surface area (Å²) in [5.41, 5.74) is 0. The van der Waals surface area contributed by atoms with Gasteiger partial charge in [0.1, 0.15) is 11.5 Å². The molecule has 2 rings (SSSR count). The van der Waals surface area contributed by atoms with E-state index in [0.29, 0.717) is 0 Å². The van der Waals surface area contributed by atoms with E-state index in [1.807, 2.05) is 0 Å². The maximum absolute atomic E-state index is 11.7. The van der Waals surface area contributed by atoms with Crippen LogP contribution in [-0.2, 0) is 14.4 Å². The molecule has 11 heteroatoms. The molecular formula is C17H14O11. The molecule has 28 heavy (non-hydrogen) atoms. The summed E-state index contributed by atoms with van der Waals surface area (Å²) >= 11 is 0. The number of aromatic hydroxyl groups is 6. The number of ketones is 3. The lowest BCUT2D eigenvalue weighted by Gasteiger charge is -2.08. The predicted octanol–water partition coefficient (Wildman–Crippen LogP) is 0.0853. The molecule has 0 bridgehead atoms. The number of hydrogen-bond donors (Lipinski definition) is 6. The normalized spacial score (nSPS) is 10.3. The molecular weight excluding hydrogens is 380 g/mol. The van der Waals surface area contributed by atoms with Gasteiger partial charge in [0.15, 0.2) is 36.2 Å². The molecule has 148 valence electrons. The van der Waals surface area contributed by atoms with Gasteiger partial charge in [-0.15, -0.1) is 0 Å². The first-order valence-electron chi connectivity index (χ1n) is 7.46. The summed E-state index contributed by atoms with van der Waals surface area (Å²) in [4.78, 5) is 35.2. The zero-order valence-electron chi connectivity index (χ0n) is 13.9. The van der Waals surface area contributed by atoms with Gasteiger partial charge in [0.05, 0.1) is 0 Å². The molecule has 0 aliphatic carbocycles. The van der Waals surface area contributed by atoms with E-state index in [2.05, 4.69) is 0 Å². The van der Waals surface area contributed by atoms with E-state index in [1.54, 1.807) is 0 Å². The van der Waals surface area contributed by atoms with Gasteiger partial charge in [0.25, 0.3) is 5.78 Å². The van der Waals surface area contributed by atoms with Crippen LogP contribution in [0.15, 0.2) is 24.3 Å². The number of carbonyl (C=O) groups is 3. The lowest BCUT2D eigenvalue weighted by atomic mass is 10.2. The van der Waals surface area contributed by atoms with Crippen LogP contribution in [0.2, 0.25) is 0 Å². The first kappa shape index (κ1) is 20.2. The Bertz CT molecular complexity index is 827. The van der Waals surface area contributed by atoms with Crippen LogP contribution in [0, 0.1) is 0 Å². The Hall–Kier alpha value is -4.15. The Morgan fingerprint density at radius 1 is 0.607 bits per heavy atom. The van der Waals surface area contributed by atoms with E-state index >= 15 is 0 Å². The van der Waals surface area contributed by atoms with E-state index in [9.17, 15) is 45.0 Å². The molecule has 0 spiro atoms. The number of hydrogen-bond acceptors (Lipinski definition) is 11. The van der Waals surface area contributed by atoms with Gasteiger partial charge in [-0.3, -0.25) is 14.4 Å². The van der Waals surface area contributed by atoms with E-state index in [-0.39, 0.29) is 11.5 Å². The molecule has 0 saturated heterocycles. The Balaban J connectivity index is 1.92. The van der Waals surface area contributed by atoms with Crippen molar-refractivity contribution in [3.8, 4) is 46.0 Å². The molecule has 0 fully saturated rings. The van der Waals surface area contributed by atoms with Crippen LogP contribution in [0.3, 0.4) is 0 Å². The average Bonchev–Trinajstić information content (AvgIpc) is 2.65. The lowest BCUT2D eigenvalue weighted by Crippen LogP contribution is -2.32. The largest absolute Gasteiger partial charge is 0.504 e. The van der Waals surface area contributed by atoms with Crippen LogP contribution in [-0.4, -0.2) is 61.2 Å². The van der Waals surface area contributed by atoms with Gasteiger partial charge in [-0.25, -0.2) is 0 Å². The van der Waals surface area contributed by atoms with Crippen LogP contribution in [0.4, 0.5) is 0 Å². The van der Waals surface area contributed by atoms with Crippen molar-refractivity contribution < 1.29 is 54.5 Å². The number of Topliss-reactive ketones (excluding diaryl/α,β-unsaturated/α-hetero) is 3. The maximum atomic E-state index is 11.7. The first-order valence-corrected chi connectivity index (χ1v) is 7.46. The summed E-state index contributed by atoms with van der Waals surface area (Å²) in [5.74, 6) is -8.94. The topological polar surface area (TPSA) is 191 Å². The standard InChI is InChI=1S/C17H14O11/c18-9-1-7(2-10(19)15(9)24)27-5-13(22)17(26)14(23)6-28-8-3-11(20)16(25)12(21)4-8/h1-4,18-21,24-25H,5-6H2. The van der Waals surface area contributed by atoms with E-state index in [4.69, 9.17) is 9.47 Å². The zero-order valence-corrected chi connectivity index (χ0v) is 13.9. The fourth-order valence-corrected chi connectivity index (χ4v) is 1.91. The third-order valence-electron chi connectivity index (χ3n) is 3.33. The van der Waals surface area contributed by atoms with Crippen LogP contribution >= 0.6 is 0 Å². The molecule has 0 aromatic heterocycles. The Morgan fingerprint density at radius 3 is 1.18 bits per heavy atom. The number of phenols is 6. The fourth-order valence-electron chi connectivity index (χ4n) is 1.91. The van der Waals surface area contributed by atoms with Gasteiger partial charge in [-0.2, -0.15) is 0 Å². The monoisotopic (exact) mass is 394 g/mol. The molecule has 2 aromatic rings. The zero-order chi connectivity index (χ0) is 21.0. The van der Waals surface area contributed by atoms with E-state index in [0.717, 1.165) is 24.3 Å². The van der Waals surface area contributed by atoms with Crippen molar-refractivity contribution in [2.75, 3.05) is 13.2 Å². The van der Waals surface area contributed by atoms with Gasteiger partial charge >= 0.3 is 0 Å². The highest BCUT2D eigenvalue weighted by molar-refractivity contribution is 6.64. The molecule has 11 nitrogen and oxygen atoms in total. The minimum absolute atomic E-state index is 0.243.